The van der Waals surface area contributed by atoms with Gasteiger partial charge in [-0.05, 0) is 30.5 Å². The first kappa shape index (κ1) is 13.6. The number of nitrogens with zero attached hydrogens (tertiary/aromatic N) is 2. The summed E-state index contributed by atoms with van der Waals surface area (Å²) in [5.41, 5.74) is 7.75. The fraction of sp³-hybridized carbons (Fsp3) is 0.600. The molecule has 1 saturated heterocycles. The van der Waals surface area contributed by atoms with E-state index in [-0.39, 0.29) is 5.54 Å². The highest BCUT2D eigenvalue weighted by Crippen LogP contribution is 2.33. The van der Waals surface area contributed by atoms with E-state index in [1.165, 1.54) is 18.4 Å². The summed E-state index contributed by atoms with van der Waals surface area (Å²) in [5.74, 6) is 0. The number of rotatable bonds is 4. The van der Waals surface area contributed by atoms with Crippen LogP contribution in [0.25, 0.3) is 0 Å². The molecule has 1 aliphatic carbocycles. The van der Waals surface area contributed by atoms with Crippen LogP contribution in [0.3, 0.4) is 0 Å². The molecule has 0 aromatic heterocycles. The molecule has 1 aromatic carbocycles. The lowest BCUT2D eigenvalue weighted by molar-refractivity contribution is 0.119. The van der Waals surface area contributed by atoms with Crippen molar-refractivity contribution in [1.29, 1.82) is 0 Å². The summed E-state index contributed by atoms with van der Waals surface area (Å²) >= 11 is 3.48. The van der Waals surface area contributed by atoms with E-state index in [1.807, 2.05) is 0 Å². The molecular weight excluding hydrogens is 302 g/mol. The van der Waals surface area contributed by atoms with E-state index in [0.717, 1.165) is 43.7 Å². The smallest absolute Gasteiger partial charge is 0.0284 e. The Morgan fingerprint density at radius 1 is 1.00 bits per heavy atom. The third-order valence-corrected chi connectivity index (χ3v) is 4.74. The fourth-order valence-corrected chi connectivity index (χ4v) is 2.98. The van der Waals surface area contributed by atoms with Crippen molar-refractivity contribution in [2.24, 2.45) is 5.73 Å². The van der Waals surface area contributed by atoms with Crippen molar-refractivity contribution < 1.29 is 0 Å². The zero-order valence-corrected chi connectivity index (χ0v) is 12.9. The molecule has 1 saturated carbocycles. The number of hydrogen-bond donors (Lipinski definition) is 1. The highest BCUT2D eigenvalue weighted by atomic mass is 79.9. The number of piperazine rings is 1. The van der Waals surface area contributed by atoms with Gasteiger partial charge in [0.25, 0.3) is 0 Å². The van der Waals surface area contributed by atoms with Crippen LogP contribution in [0.5, 0.6) is 0 Å². The second kappa shape index (κ2) is 5.52. The van der Waals surface area contributed by atoms with Crippen molar-refractivity contribution in [3.8, 4) is 0 Å². The molecule has 104 valence electrons. The van der Waals surface area contributed by atoms with Gasteiger partial charge in [-0.25, -0.2) is 0 Å². The maximum absolute atomic E-state index is 6.19. The summed E-state index contributed by atoms with van der Waals surface area (Å²) in [6, 6.07) is 8.65. The zero-order chi connectivity index (χ0) is 13.3. The number of hydrogen-bond acceptors (Lipinski definition) is 3. The largest absolute Gasteiger partial charge is 0.324 e. The van der Waals surface area contributed by atoms with Crippen molar-refractivity contribution in [3.63, 3.8) is 0 Å². The first-order valence-corrected chi connectivity index (χ1v) is 7.90. The van der Waals surface area contributed by atoms with Gasteiger partial charge in [0.1, 0.15) is 0 Å². The van der Waals surface area contributed by atoms with Crippen LogP contribution in [-0.2, 0) is 6.54 Å². The van der Waals surface area contributed by atoms with E-state index in [1.54, 1.807) is 0 Å². The molecule has 3 nitrogen and oxygen atoms in total. The van der Waals surface area contributed by atoms with Gasteiger partial charge in [-0.1, -0.05) is 28.1 Å². The average Bonchev–Trinajstić information content (AvgIpc) is 3.12. The van der Waals surface area contributed by atoms with E-state index >= 15 is 0 Å². The summed E-state index contributed by atoms with van der Waals surface area (Å²) in [6.45, 7) is 6.80. The van der Waals surface area contributed by atoms with Gasteiger partial charge in [-0.15, -0.1) is 0 Å². The first-order chi connectivity index (χ1) is 9.13. The monoisotopic (exact) mass is 323 g/mol. The summed E-state index contributed by atoms with van der Waals surface area (Å²) in [6.07, 6.45) is 2.43. The Hall–Kier alpha value is -0.420. The lowest BCUT2D eigenvalue weighted by Crippen LogP contribution is -2.50. The van der Waals surface area contributed by atoms with Crippen molar-refractivity contribution in [1.82, 2.24) is 9.80 Å². The Kier molecular flexibility index (Phi) is 3.94. The molecule has 1 aromatic rings. The molecule has 0 bridgehead atoms. The second-order valence-corrected chi connectivity index (χ2v) is 6.96. The standard InChI is InChI=1S/C15H22BrN3/c16-14-3-1-13(2-4-14)11-18-7-9-19(10-8-18)12-15(17)5-6-15/h1-4H,5-12,17H2. The van der Waals surface area contributed by atoms with Crippen LogP contribution in [0, 0.1) is 0 Å². The van der Waals surface area contributed by atoms with Crippen LogP contribution in [-0.4, -0.2) is 48.1 Å². The van der Waals surface area contributed by atoms with Crippen LogP contribution in [0.15, 0.2) is 28.7 Å². The molecular formula is C15H22BrN3. The summed E-state index contributed by atoms with van der Waals surface area (Å²) < 4.78 is 1.15. The van der Waals surface area contributed by atoms with E-state index in [0.29, 0.717) is 0 Å². The molecule has 0 amide bonds. The SMILES string of the molecule is NC1(CN2CCN(Cc3ccc(Br)cc3)CC2)CC1. The average molecular weight is 324 g/mol. The lowest BCUT2D eigenvalue weighted by Gasteiger charge is -2.36. The molecule has 1 heterocycles. The van der Waals surface area contributed by atoms with Crippen LogP contribution in [0.1, 0.15) is 18.4 Å². The normalized spacial score (nSPS) is 23.5. The quantitative estimate of drug-likeness (QED) is 0.920. The predicted octanol–water partition coefficient (Wildman–Crippen LogP) is 2.06. The summed E-state index contributed by atoms with van der Waals surface area (Å²) in [7, 11) is 0. The minimum absolute atomic E-state index is 0.161. The van der Waals surface area contributed by atoms with Gasteiger partial charge in [0.15, 0.2) is 0 Å². The van der Waals surface area contributed by atoms with Gasteiger partial charge < -0.3 is 5.73 Å². The van der Waals surface area contributed by atoms with E-state index in [2.05, 4.69) is 50.0 Å². The van der Waals surface area contributed by atoms with Crippen LogP contribution in [0.2, 0.25) is 0 Å². The van der Waals surface area contributed by atoms with Gasteiger partial charge in [-0.3, -0.25) is 9.80 Å². The minimum atomic E-state index is 0.161. The molecule has 0 atom stereocenters. The van der Waals surface area contributed by atoms with Crippen LogP contribution >= 0.6 is 15.9 Å². The van der Waals surface area contributed by atoms with E-state index in [9.17, 15) is 0 Å². The molecule has 4 heteroatoms. The highest BCUT2D eigenvalue weighted by Gasteiger charge is 2.39. The molecule has 0 unspecified atom stereocenters. The van der Waals surface area contributed by atoms with E-state index < -0.39 is 0 Å². The lowest BCUT2D eigenvalue weighted by atomic mass is 10.2. The molecule has 2 aliphatic rings. The topological polar surface area (TPSA) is 32.5 Å². The molecule has 0 spiro atoms. The summed E-state index contributed by atoms with van der Waals surface area (Å²) in [4.78, 5) is 5.07. The first-order valence-electron chi connectivity index (χ1n) is 7.11. The zero-order valence-electron chi connectivity index (χ0n) is 11.3. The van der Waals surface area contributed by atoms with Crippen molar-refractivity contribution in [3.05, 3.63) is 34.3 Å². The Morgan fingerprint density at radius 2 is 1.58 bits per heavy atom. The fourth-order valence-electron chi connectivity index (χ4n) is 2.72. The molecule has 0 radical (unpaired) electrons. The van der Waals surface area contributed by atoms with Crippen molar-refractivity contribution in [2.75, 3.05) is 32.7 Å². The predicted molar refractivity (Wildman–Crippen MR) is 82.0 cm³/mol. The number of nitrogens with two attached hydrogens (primary N) is 1. The van der Waals surface area contributed by atoms with Gasteiger partial charge in [0.05, 0.1) is 0 Å². The van der Waals surface area contributed by atoms with Crippen molar-refractivity contribution >= 4 is 15.9 Å². The summed E-state index contributed by atoms with van der Waals surface area (Å²) in [5, 5.41) is 0. The van der Waals surface area contributed by atoms with Crippen LogP contribution in [0.4, 0.5) is 0 Å². The number of halogens is 1. The van der Waals surface area contributed by atoms with Gasteiger partial charge in [-0.2, -0.15) is 0 Å². The molecule has 2 N–H and O–H groups in total. The maximum Gasteiger partial charge on any atom is 0.0284 e. The van der Waals surface area contributed by atoms with E-state index in [4.69, 9.17) is 5.73 Å². The molecule has 19 heavy (non-hydrogen) atoms. The van der Waals surface area contributed by atoms with Crippen LogP contribution < -0.4 is 5.73 Å². The third-order valence-electron chi connectivity index (χ3n) is 4.22. The number of benzene rings is 1. The highest BCUT2D eigenvalue weighted by molar-refractivity contribution is 9.10. The van der Waals surface area contributed by atoms with Gasteiger partial charge in [0, 0.05) is 49.3 Å². The maximum atomic E-state index is 6.19. The Balaban J connectivity index is 1.46. The van der Waals surface area contributed by atoms with Crippen molar-refractivity contribution in [2.45, 2.75) is 24.9 Å². The van der Waals surface area contributed by atoms with Gasteiger partial charge in [0.2, 0.25) is 0 Å². The van der Waals surface area contributed by atoms with Gasteiger partial charge >= 0.3 is 0 Å². The molecule has 1 aliphatic heterocycles. The molecule has 3 rings (SSSR count). The molecule has 2 fully saturated rings. The Morgan fingerprint density at radius 3 is 2.16 bits per heavy atom. The Labute approximate surface area is 123 Å². The Bertz CT molecular complexity index is 420. The second-order valence-electron chi connectivity index (χ2n) is 6.04. The minimum Gasteiger partial charge on any atom is -0.324 e. The third kappa shape index (κ3) is 3.78.